The molecule has 0 N–H and O–H groups in total. The van der Waals surface area contributed by atoms with Gasteiger partial charge in [0, 0.05) is 0 Å². The quantitative estimate of drug-likeness (QED) is 0.420. The SMILES string of the molecule is CC(C)P(=[Se])(N=P(Cl)(C(C)C)C(C)C)C(C)C. The second-order valence-electron chi connectivity index (χ2n) is 5.79. The molecule has 0 atom stereocenters. The van der Waals surface area contributed by atoms with Gasteiger partial charge in [0.1, 0.15) is 0 Å². The normalized spacial score (nSPS) is 14.2. The molecule has 17 heavy (non-hydrogen) atoms. The van der Waals surface area contributed by atoms with Gasteiger partial charge in [0.2, 0.25) is 0 Å². The Labute approximate surface area is 121 Å². The molecule has 0 aliphatic carbocycles. The Morgan fingerprint density at radius 2 is 1.06 bits per heavy atom. The van der Waals surface area contributed by atoms with Crippen LogP contribution in [0.1, 0.15) is 55.4 Å². The van der Waals surface area contributed by atoms with E-state index in [1.54, 1.807) is 0 Å². The third-order valence-corrected chi connectivity index (χ3v) is 20.9. The van der Waals surface area contributed by atoms with Gasteiger partial charge in [0.05, 0.1) is 0 Å². The van der Waals surface area contributed by atoms with Crippen molar-refractivity contribution < 1.29 is 0 Å². The molecule has 0 bridgehead atoms. The Morgan fingerprint density at radius 1 is 0.765 bits per heavy atom. The van der Waals surface area contributed by atoms with E-state index in [1.807, 2.05) is 0 Å². The predicted molar refractivity (Wildman–Crippen MR) is 88.4 cm³/mol. The summed E-state index contributed by atoms with van der Waals surface area (Å²) >= 11 is 10.4. The average molecular weight is 363 g/mol. The molecule has 0 aromatic rings. The van der Waals surface area contributed by atoms with Crippen LogP contribution in [0.25, 0.3) is 0 Å². The van der Waals surface area contributed by atoms with Gasteiger partial charge in [-0.3, -0.25) is 0 Å². The van der Waals surface area contributed by atoms with Crippen LogP contribution in [0, 0.1) is 0 Å². The Morgan fingerprint density at radius 3 is 1.24 bits per heavy atom. The second kappa shape index (κ2) is 6.76. The monoisotopic (exact) mass is 363 g/mol. The molecule has 104 valence electrons. The first-order valence-corrected chi connectivity index (χ1v) is 13.3. The Hall–Kier alpha value is 1.47. The minimum absolute atomic E-state index is 0.467. The third kappa shape index (κ3) is 4.22. The molecular weight excluding hydrogens is 335 g/mol. The number of halogens is 1. The Balaban J connectivity index is 5.83. The summed E-state index contributed by atoms with van der Waals surface area (Å²) in [5.41, 5.74) is 0.672. The van der Waals surface area contributed by atoms with E-state index in [2.05, 4.69) is 70.5 Å². The van der Waals surface area contributed by atoms with E-state index in [9.17, 15) is 0 Å². The molecule has 0 saturated heterocycles. The molecule has 5 heteroatoms. The van der Waals surface area contributed by atoms with Gasteiger partial charge in [-0.15, -0.1) is 0 Å². The zero-order valence-electron chi connectivity index (χ0n) is 12.4. The van der Waals surface area contributed by atoms with Gasteiger partial charge >= 0.3 is 121 Å². The van der Waals surface area contributed by atoms with E-state index in [1.165, 1.54) is 0 Å². The Kier molecular flexibility index (Phi) is 7.35. The first-order chi connectivity index (χ1) is 7.48. The van der Waals surface area contributed by atoms with Gasteiger partial charge in [-0.2, -0.15) is 0 Å². The molecule has 0 spiro atoms. The third-order valence-electron chi connectivity index (χ3n) is 3.21. The summed E-state index contributed by atoms with van der Waals surface area (Å²) in [5, 5.41) is 0. The molecule has 1 nitrogen and oxygen atoms in total. The summed E-state index contributed by atoms with van der Waals surface area (Å²) in [6, 6.07) is 0. The van der Waals surface area contributed by atoms with Crippen LogP contribution in [0.5, 0.6) is 0 Å². The van der Waals surface area contributed by atoms with E-state index in [0.717, 1.165) is 0 Å². The fourth-order valence-corrected chi connectivity index (χ4v) is 13.3. The topological polar surface area (TPSA) is 12.4 Å². The van der Waals surface area contributed by atoms with Crippen LogP contribution in [-0.4, -0.2) is 37.7 Å². The van der Waals surface area contributed by atoms with E-state index in [0.29, 0.717) is 22.6 Å². The number of nitrogens with zero attached hydrogens (tertiary/aromatic N) is 1. The van der Waals surface area contributed by atoms with Crippen LogP contribution in [0.2, 0.25) is 0 Å². The summed E-state index contributed by atoms with van der Waals surface area (Å²) in [6.07, 6.45) is -1.73. The fraction of sp³-hybridized carbons (Fsp3) is 1.00. The van der Waals surface area contributed by atoms with Crippen molar-refractivity contribution in [3.05, 3.63) is 0 Å². The van der Waals surface area contributed by atoms with Crippen molar-refractivity contribution in [3.63, 3.8) is 0 Å². The van der Waals surface area contributed by atoms with Crippen LogP contribution >= 0.6 is 23.3 Å². The summed E-state index contributed by atoms with van der Waals surface area (Å²) in [7, 11) is 0. The minimum atomic E-state index is -1.73. The zero-order chi connectivity index (χ0) is 14.0. The van der Waals surface area contributed by atoms with Crippen molar-refractivity contribution in [2.45, 2.75) is 78.0 Å². The first-order valence-electron chi connectivity index (χ1n) is 6.40. The van der Waals surface area contributed by atoms with Gasteiger partial charge in [-0.25, -0.2) is 0 Å². The van der Waals surface area contributed by atoms with Crippen molar-refractivity contribution in [2.24, 2.45) is 4.52 Å². The number of hydrogen-bond donors (Lipinski definition) is 0. The molecule has 0 heterocycles. The molecule has 0 aliphatic heterocycles. The van der Waals surface area contributed by atoms with Gasteiger partial charge in [-0.1, -0.05) is 0 Å². The van der Waals surface area contributed by atoms with Gasteiger partial charge in [0.15, 0.2) is 0 Å². The summed E-state index contributed by atoms with van der Waals surface area (Å²) in [5.74, 6) is 0. The van der Waals surface area contributed by atoms with Crippen molar-refractivity contribution >= 4 is 38.4 Å². The van der Waals surface area contributed by atoms with E-state index >= 15 is 0 Å². The predicted octanol–water partition coefficient (Wildman–Crippen LogP) is 5.99. The van der Waals surface area contributed by atoms with Crippen molar-refractivity contribution in [1.29, 1.82) is 0 Å². The van der Waals surface area contributed by atoms with Crippen LogP contribution < -0.4 is 0 Å². The molecule has 0 rings (SSSR count). The Bertz CT molecular complexity index is 324. The molecule has 0 aliphatic rings. The molecule has 0 unspecified atom stereocenters. The summed E-state index contributed by atoms with van der Waals surface area (Å²) in [6.45, 7) is 18.0. The maximum atomic E-state index is 6.93. The molecule has 0 fully saturated rings. The number of rotatable bonds is 5. The molecule has 0 amide bonds. The molecular formula is C12H28ClNP2Se. The molecule has 0 aromatic heterocycles. The molecule has 0 radical (unpaired) electrons. The summed E-state index contributed by atoms with van der Waals surface area (Å²) in [4.78, 5) is 0. The van der Waals surface area contributed by atoms with Crippen molar-refractivity contribution in [1.82, 2.24) is 0 Å². The number of hydrogen-bond acceptors (Lipinski definition) is 1. The summed E-state index contributed by atoms with van der Waals surface area (Å²) < 4.78 is 5.27. The van der Waals surface area contributed by atoms with Gasteiger partial charge in [0.25, 0.3) is 0 Å². The van der Waals surface area contributed by atoms with Gasteiger partial charge < -0.3 is 0 Å². The van der Waals surface area contributed by atoms with Crippen LogP contribution in [0.15, 0.2) is 4.52 Å². The van der Waals surface area contributed by atoms with Crippen molar-refractivity contribution in [3.8, 4) is 0 Å². The van der Waals surface area contributed by atoms with E-state index < -0.39 is 12.1 Å². The fourth-order valence-electron chi connectivity index (χ4n) is 1.82. The van der Waals surface area contributed by atoms with E-state index in [4.69, 9.17) is 15.8 Å². The van der Waals surface area contributed by atoms with Crippen molar-refractivity contribution in [2.75, 3.05) is 0 Å². The molecule has 0 aromatic carbocycles. The first kappa shape index (κ1) is 18.5. The van der Waals surface area contributed by atoms with Crippen LogP contribution in [0.3, 0.4) is 0 Å². The molecule has 0 saturated carbocycles. The van der Waals surface area contributed by atoms with E-state index in [-0.39, 0.29) is 0 Å². The zero-order valence-corrected chi connectivity index (χ0v) is 16.7. The standard InChI is InChI=1S/C12H28ClNP2Se/c1-9(2)15(13,10(3)4)14-16(17,11(5)6)12(7)8/h9-12H,1-8H3. The second-order valence-corrected chi connectivity index (χ2v) is 18.6. The maximum absolute atomic E-state index is 6.93. The average Bonchev–Trinajstić information content (AvgIpc) is 2.15. The van der Waals surface area contributed by atoms with Crippen LogP contribution in [-0.2, 0) is 0 Å². The van der Waals surface area contributed by atoms with Crippen LogP contribution in [0.4, 0.5) is 0 Å². The van der Waals surface area contributed by atoms with Gasteiger partial charge in [-0.05, 0) is 0 Å².